The second-order valence-corrected chi connectivity index (χ2v) is 4.23. The zero-order valence-corrected chi connectivity index (χ0v) is 10.2. The van der Waals surface area contributed by atoms with Crippen LogP contribution >= 0.6 is 0 Å². The number of rotatable bonds is 4. The third kappa shape index (κ3) is 2.53. The highest BCUT2D eigenvalue weighted by molar-refractivity contribution is 5.86. The molecule has 18 heavy (non-hydrogen) atoms. The van der Waals surface area contributed by atoms with E-state index < -0.39 is 6.09 Å². The van der Waals surface area contributed by atoms with Gasteiger partial charge in [-0.3, -0.25) is 0 Å². The van der Waals surface area contributed by atoms with Crippen LogP contribution in [-0.2, 0) is 6.42 Å². The fourth-order valence-electron chi connectivity index (χ4n) is 1.80. The van der Waals surface area contributed by atoms with E-state index in [0.29, 0.717) is 18.7 Å². The molecule has 6 heteroatoms. The number of nitrogen functional groups attached to an aromatic ring is 1. The van der Waals surface area contributed by atoms with Crippen molar-refractivity contribution in [3.63, 3.8) is 0 Å². The number of H-pyrrole nitrogens is 1. The monoisotopic (exact) mass is 248 g/mol. The summed E-state index contributed by atoms with van der Waals surface area (Å²) in [6.07, 6.45) is 0.512. The molecule has 0 atom stereocenters. The van der Waals surface area contributed by atoms with E-state index in [-0.39, 0.29) is 0 Å². The van der Waals surface area contributed by atoms with Crippen LogP contribution in [0, 0.1) is 0 Å². The van der Waals surface area contributed by atoms with Crippen molar-refractivity contribution in [1.29, 1.82) is 0 Å². The fourth-order valence-corrected chi connectivity index (χ4v) is 1.80. The summed E-state index contributed by atoms with van der Waals surface area (Å²) in [7, 11) is 1.55. The molecule has 1 aromatic heterocycles. The normalized spacial score (nSPS) is 10.7. The number of hydrogen-bond acceptors (Lipinski definition) is 3. The minimum atomic E-state index is -0.913. The molecular weight excluding hydrogens is 232 g/mol. The van der Waals surface area contributed by atoms with E-state index in [0.717, 1.165) is 23.3 Å². The van der Waals surface area contributed by atoms with Gasteiger partial charge in [0.05, 0.1) is 11.2 Å². The Morgan fingerprint density at radius 2 is 2.33 bits per heavy atom. The van der Waals surface area contributed by atoms with Crippen LogP contribution < -0.4 is 5.73 Å². The lowest BCUT2D eigenvalue weighted by molar-refractivity contribution is 0.155. The van der Waals surface area contributed by atoms with E-state index in [1.54, 1.807) is 7.05 Å². The van der Waals surface area contributed by atoms with Crippen LogP contribution in [0.25, 0.3) is 11.0 Å². The molecule has 1 aromatic carbocycles. The number of nitrogens with two attached hydrogens (primary N) is 1. The lowest BCUT2D eigenvalue weighted by atomic mass is 10.3. The number of anilines is 1. The number of carbonyl (C=O) groups is 1. The molecular formula is C12H16N4O2. The summed E-state index contributed by atoms with van der Waals surface area (Å²) in [5.41, 5.74) is 8.16. The Hall–Kier alpha value is -2.24. The van der Waals surface area contributed by atoms with Gasteiger partial charge in [0.2, 0.25) is 0 Å². The van der Waals surface area contributed by atoms with Crippen LogP contribution in [0.1, 0.15) is 12.2 Å². The van der Waals surface area contributed by atoms with Gasteiger partial charge in [-0.2, -0.15) is 0 Å². The second kappa shape index (κ2) is 4.95. The lowest BCUT2D eigenvalue weighted by Crippen LogP contribution is -2.25. The highest BCUT2D eigenvalue weighted by Crippen LogP contribution is 2.18. The summed E-state index contributed by atoms with van der Waals surface area (Å²) in [4.78, 5) is 19.5. The first-order valence-electron chi connectivity index (χ1n) is 5.75. The molecule has 4 N–H and O–H groups in total. The predicted molar refractivity (Wildman–Crippen MR) is 69.5 cm³/mol. The van der Waals surface area contributed by atoms with Crippen molar-refractivity contribution in [1.82, 2.24) is 14.9 Å². The van der Waals surface area contributed by atoms with Gasteiger partial charge in [-0.1, -0.05) is 6.07 Å². The third-order valence-corrected chi connectivity index (χ3v) is 2.83. The van der Waals surface area contributed by atoms with Gasteiger partial charge in [0.15, 0.2) is 0 Å². The minimum absolute atomic E-state index is 0.488. The van der Waals surface area contributed by atoms with Crippen molar-refractivity contribution in [3.05, 3.63) is 24.0 Å². The van der Waals surface area contributed by atoms with Gasteiger partial charge in [0, 0.05) is 20.0 Å². The van der Waals surface area contributed by atoms with Crippen LogP contribution in [-0.4, -0.2) is 39.7 Å². The molecule has 0 aliphatic heterocycles. The third-order valence-electron chi connectivity index (χ3n) is 2.83. The molecule has 1 amide bonds. The molecule has 2 aromatic rings. The van der Waals surface area contributed by atoms with E-state index in [2.05, 4.69) is 9.97 Å². The zero-order valence-electron chi connectivity index (χ0n) is 10.2. The molecule has 0 bridgehead atoms. The van der Waals surface area contributed by atoms with Crippen LogP contribution in [0.15, 0.2) is 18.2 Å². The summed E-state index contributed by atoms with van der Waals surface area (Å²) in [5.74, 6) is 0.835. The summed E-state index contributed by atoms with van der Waals surface area (Å²) in [6.45, 7) is 0.488. The number of fused-ring (bicyclic) bond motifs is 1. The topological polar surface area (TPSA) is 95.2 Å². The molecule has 0 aliphatic rings. The van der Waals surface area contributed by atoms with Gasteiger partial charge in [-0.05, 0) is 18.6 Å². The zero-order chi connectivity index (χ0) is 13.1. The number of hydrogen-bond donors (Lipinski definition) is 3. The maximum atomic E-state index is 10.6. The van der Waals surface area contributed by atoms with Gasteiger partial charge in [0.1, 0.15) is 11.3 Å². The number of carboxylic acid groups (broad SMARTS) is 1. The Kier molecular flexibility index (Phi) is 3.36. The molecule has 0 saturated carbocycles. The number of aromatic nitrogens is 2. The van der Waals surface area contributed by atoms with Crippen molar-refractivity contribution >= 4 is 22.8 Å². The van der Waals surface area contributed by atoms with Gasteiger partial charge < -0.3 is 20.7 Å². The molecule has 0 unspecified atom stereocenters. The predicted octanol–water partition coefficient (Wildman–Crippen LogP) is 1.69. The largest absolute Gasteiger partial charge is 0.465 e. The van der Waals surface area contributed by atoms with Crippen molar-refractivity contribution in [2.75, 3.05) is 19.3 Å². The Morgan fingerprint density at radius 1 is 1.56 bits per heavy atom. The Labute approximate surface area is 104 Å². The maximum absolute atomic E-state index is 10.6. The fraction of sp³-hybridized carbons (Fsp3) is 0.333. The molecule has 96 valence electrons. The van der Waals surface area contributed by atoms with E-state index in [1.165, 1.54) is 4.90 Å². The minimum Gasteiger partial charge on any atom is -0.465 e. The molecule has 0 saturated heterocycles. The smallest absolute Gasteiger partial charge is 0.407 e. The number of aromatic amines is 1. The van der Waals surface area contributed by atoms with E-state index in [1.807, 2.05) is 18.2 Å². The first-order chi connectivity index (χ1) is 8.58. The Balaban J connectivity index is 2.00. The van der Waals surface area contributed by atoms with Crippen LogP contribution in [0.4, 0.5) is 10.5 Å². The summed E-state index contributed by atoms with van der Waals surface area (Å²) in [5, 5.41) is 8.72. The number of imidazole rings is 1. The van der Waals surface area contributed by atoms with Gasteiger partial charge >= 0.3 is 6.09 Å². The van der Waals surface area contributed by atoms with Crippen LogP contribution in [0.3, 0.4) is 0 Å². The highest BCUT2D eigenvalue weighted by Gasteiger charge is 2.07. The Morgan fingerprint density at radius 3 is 3.00 bits per heavy atom. The highest BCUT2D eigenvalue weighted by atomic mass is 16.4. The van der Waals surface area contributed by atoms with Crippen molar-refractivity contribution < 1.29 is 9.90 Å². The molecule has 0 aliphatic carbocycles. The molecule has 2 rings (SSSR count). The quantitative estimate of drug-likeness (QED) is 0.717. The number of nitrogens with zero attached hydrogens (tertiary/aromatic N) is 2. The number of nitrogens with one attached hydrogen (secondary N) is 1. The average molecular weight is 248 g/mol. The van der Waals surface area contributed by atoms with Crippen molar-refractivity contribution in [3.8, 4) is 0 Å². The number of para-hydroxylation sites is 1. The SMILES string of the molecule is CN(CCCc1nc2c(N)cccc2[nH]1)C(=O)O. The summed E-state index contributed by atoms with van der Waals surface area (Å²) >= 11 is 0. The summed E-state index contributed by atoms with van der Waals surface area (Å²) in [6, 6.07) is 5.61. The van der Waals surface area contributed by atoms with Crippen LogP contribution in [0.2, 0.25) is 0 Å². The van der Waals surface area contributed by atoms with Gasteiger partial charge in [0.25, 0.3) is 0 Å². The van der Waals surface area contributed by atoms with Crippen molar-refractivity contribution in [2.45, 2.75) is 12.8 Å². The van der Waals surface area contributed by atoms with Gasteiger partial charge in [-0.15, -0.1) is 0 Å². The number of aryl methyl sites for hydroxylation is 1. The molecule has 6 nitrogen and oxygen atoms in total. The maximum Gasteiger partial charge on any atom is 0.407 e. The first-order valence-corrected chi connectivity index (χ1v) is 5.75. The Bertz CT molecular complexity index is 564. The van der Waals surface area contributed by atoms with E-state index in [4.69, 9.17) is 10.8 Å². The molecule has 0 radical (unpaired) electrons. The number of benzene rings is 1. The second-order valence-electron chi connectivity index (χ2n) is 4.23. The average Bonchev–Trinajstić information content (AvgIpc) is 2.73. The molecule has 0 spiro atoms. The van der Waals surface area contributed by atoms with Gasteiger partial charge in [-0.25, -0.2) is 9.78 Å². The van der Waals surface area contributed by atoms with Crippen molar-refractivity contribution in [2.24, 2.45) is 0 Å². The standard InChI is InChI=1S/C12H16N4O2/c1-16(12(17)18)7-3-6-10-14-9-5-2-4-8(13)11(9)15-10/h2,4-5H,3,6-7,13H2,1H3,(H,14,15)(H,17,18). The lowest BCUT2D eigenvalue weighted by Gasteiger charge is -2.11. The molecule has 1 heterocycles. The van der Waals surface area contributed by atoms with E-state index in [9.17, 15) is 4.79 Å². The first kappa shape index (κ1) is 12.2. The molecule has 0 fully saturated rings. The van der Waals surface area contributed by atoms with Crippen LogP contribution in [0.5, 0.6) is 0 Å². The summed E-state index contributed by atoms with van der Waals surface area (Å²) < 4.78 is 0. The number of amides is 1. The van der Waals surface area contributed by atoms with E-state index >= 15 is 0 Å².